The van der Waals surface area contributed by atoms with E-state index < -0.39 is 0 Å². The normalized spacial score (nSPS) is 12.3. The molecule has 0 aliphatic rings. The minimum atomic E-state index is -0.327. The molecule has 3 nitrogen and oxygen atoms in total. The second-order valence-corrected chi connectivity index (χ2v) is 4.15. The van der Waals surface area contributed by atoms with Gasteiger partial charge in [-0.25, -0.2) is 0 Å². The topological polar surface area (TPSA) is 56.2 Å². The molecule has 0 unspecified atom stereocenters. The van der Waals surface area contributed by atoms with Crippen LogP contribution >= 0.6 is 0 Å². The molecule has 2 rings (SSSR count). The molecule has 17 heavy (non-hydrogen) atoms. The van der Waals surface area contributed by atoms with Crippen LogP contribution in [-0.2, 0) is 4.79 Å². The summed E-state index contributed by atoms with van der Waals surface area (Å²) in [6.07, 6.45) is 1.87. The molecule has 1 atom stereocenters. The van der Waals surface area contributed by atoms with Crippen molar-refractivity contribution in [1.82, 2.24) is 0 Å². The van der Waals surface area contributed by atoms with Crippen LogP contribution in [0.3, 0.4) is 0 Å². The molecule has 3 heteroatoms. The van der Waals surface area contributed by atoms with Crippen molar-refractivity contribution in [2.75, 3.05) is 0 Å². The number of amides is 1. The number of aryl methyl sites for hydroxylation is 1. The molecule has 0 saturated carbocycles. The van der Waals surface area contributed by atoms with Crippen LogP contribution in [0.1, 0.15) is 29.2 Å². The molecule has 0 bridgehead atoms. The van der Waals surface area contributed by atoms with Gasteiger partial charge in [0.1, 0.15) is 5.76 Å². The summed E-state index contributed by atoms with van der Waals surface area (Å²) in [5.74, 6) is 0.350. The zero-order valence-corrected chi connectivity index (χ0v) is 9.72. The highest BCUT2D eigenvalue weighted by molar-refractivity contribution is 5.75. The first-order valence-electron chi connectivity index (χ1n) is 5.55. The molecule has 0 spiro atoms. The van der Waals surface area contributed by atoms with Gasteiger partial charge in [0.25, 0.3) is 0 Å². The lowest BCUT2D eigenvalue weighted by molar-refractivity contribution is -0.118. The fourth-order valence-electron chi connectivity index (χ4n) is 1.87. The van der Waals surface area contributed by atoms with Gasteiger partial charge in [-0.1, -0.05) is 29.8 Å². The second kappa shape index (κ2) is 4.87. The highest BCUT2D eigenvalue weighted by atomic mass is 16.3. The predicted molar refractivity (Wildman–Crippen MR) is 65.5 cm³/mol. The van der Waals surface area contributed by atoms with Gasteiger partial charge in [-0.2, -0.15) is 0 Å². The Labute approximate surface area is 100 Å². The number of furan rings is 1. The summed E-state index contributed by atoms with van der Waals surface area (Å²) in [6, 6.07) is 11.7. The maximum Gasteiger partial charge on any atom is 0.218 e. The van der Waals surface area contributed by atoms with E-state index in [2.05, 4.69) is 0 Å². The van der Waals surface area contributed by atoms with Gasteiger partial charge in [0.15, 0.2) is 0 Å². The van der Waals surface area contributed by atoms with Crippen molar-refractivity contribution in [1.29, 1.82) is 0 Å². The maximum absolute atomic E-state index is 11.1. The lowest BCUT2D eigenvalue weighted by Crippen LogP contribution is -2.15. The predicted octanol–water partition coefficient (Wildman–Crippen LogP) is 2.60. The summed E-state index contributed by atoms with van der Waals surface area (Å²) < 4.78 is 5.37. The molecule has 1 aromatic heterocycles. The third kappa shape index (κ3) is 2.75. The molecule has 88 valence electrons. The van der Waals surface area contributed by atoms with Gasteiger partial charge in [-0.05, 0) is 24.6 Å². The van der Waals surface area contributed by atoms with Crippen molar-refractivity contribution in [3.8, 4) is 0 Å². The van der Waals surface area contributed by atoms with Crippen LogP contribution in [0.2, 0.25) is 0 Å². The number of primary amides is 1. The molecular formula is C14H15NO2. The smallest absolute Gasteiger partial charge is 0.218 e. The van der Waals surface area contributed by atoms with Gasteiger partial charge in [-0.15, -0.1) is 0 Å². The quantitative estimate of drug-likeness (QED) is 0.876. The van der Waals surface area contributed by atoms with Crippen LogP contribution < -0.4 is 5.73 Å². The molecule has 0 radical (unpaired) electrons. The summed E-state index contributed by atoms with van der Waals surface area (Å²) >= 11 is 0. The number of carbonyl (C=O) groups excluding carboxylic acids is 1. The Morgan fingerprint density at radius 3 is 2.53 bits per heavy atom. The fraction of sp³-hybridized carbons (Fsp3) is 0.214. The van der Waals surface area contributed by atoms with Crippen LogP contribution in [-0.4, -0.2) is 5.91 Å². The first-order valence-corrected chi connectivity index (χ1v) is 5.55. The van der Waals surface area contributed by atoms with E-state index in [-0.39, 0.29) is 18.2 Å². The number of rotatable bonds is 4. The van der Waals surface area contributed by atoms with E-state index >= 15 is 0 Å². The Hall–Kier alpha value is -2.03. The molecule has 0 fully saturated rings. The molecule has 1 amide bonds. The number of benzene rings is 1. The summed E-state index contributed by atoms with van der Waals surface area (Å²) in [6.45, 7) is 2.03. The standard InChI is InChI=1S/C14H15NO2/c1-10-4-6-11(7-5-10)12(9-14(15)16)13-3-2-8-17-13/h2-8,12H,9H2,1H3,(H2,15,16)/t12-/m0/s1. The Bertz CT molecular complexity index is 485. The van der Waals surface area contributed by atoms with Crippen molar-refractivity contribution in [2.24, 2.45) is 5.73 Å². The van der Waals surface area contributed by atoms with Gasteiger partial charge in [0.2, 0.25) is 5.91 Å². The number of hydrogen-bond acceptors (Lipinski definition) is 2. The van der Waals surface area contributed by atoms with E-state index in [4.69, 9.17) is 10.2 Å². The Balaban J connectivity index is 2.33. The van der Waals surface area contributed by atoms with Gasteiger partial charge in [0.05, 0.1) is 12.2 Å². The van der Waals surface area contributed by atoms with Crippen LogP contribution in [0.25, 0.3) is 0 Å². The SMILES string of the molecule is Cc1ccc([C@H](CC(N)=O)c2ccco2)cc1. The minimum Gasteiger partial charge on any atom is -0.469 e. The van der Waals surface area contributed by atoms with Crippen molar-refractivity contribution >= 4 is 5.91 Å². The first kappa shape index (κ1) is 11.5. The lowest BCUT2D eigenvalue weighted by Gasteiger charge is -2.13. The molecule has 0 saturated heterocycles. The summed E-state index contributed by atoms with van der Waals surface area (Å²) in [7, 11) is 0. The fourth-order valence-corrected chi connectivity index (χ4v) is 1.87. The molecule has 2 N–H and O–H groups in total. The van der Waals surface area contributed by atoms with Crippen molar-refractivity contribution in [2.45, 2.75) is 19.3 Å². The molecule has 0 aliphatic carbocycles. The summed E-state index contributed by atoms with van der Waals surface area (Å²) in [5.41, 5.74) is 7.52. The molecular weight excluding hydrogens is 214 g/mol. The number of nitrogens with two attached hydrogens (primary N) is 1. The molecule has 1 aromatic carbocycles. The Kier molecular flexibility index (Phi) is 3.28. The first-order chi connectivity index (χ1) is 8.16. The van der Waals surface area contributed by atoms with E-state index in [1.165, 1.54) is 5.56 Å². The van der Waals surface area contributed by atoms with Crippen molar-refractivity contribution < 1.29 is 9.21 Å². The second-order valence-electron chi connectivity index (χ2n) is 4.15. The molecule has 1 heterocycles. The largest absolute Gasteiger partial charge is 0.469 e. The van der Waals surface area contributed by atoms with E-state index in [9.17, 15) is 4.79 Å². The van der Waals surface area contributed by atoms with Crippen LogP contribution in [0, 0.1) is 6.92 Å². The third-order valence-corrected chi connectivity index (χ3v) is 2.77. The monoisotopic (exact) mass is 229 g/mol. The van der Waals surface area contributed by atoms with Gasteiger partial charge in [0, 0.05) is 6.42 Å². The van der Waals surface area contributed by atoms with E-state index in [0.29, 0.717) is 0 Å². The van der Waals surface area contributed by atoms with Crippen LogP contribution in [0.15, 0.2) is 47.1 Å². The average Bonchev–Trinajstić information content (AvgIpc) is 2.80. The Morgan fingerprint density at radius 1 is 1.29 bits per heavy atom. The molecule has 0 aliphatic heterocycles. The zero-order chi connectivity index (χ0) is 12.3. The average molecular weight is 229 g/mol. The number of carbonyl (C=O) groups is 1. The van der Waals surface area contributed by atoms with E-state index in [1.807, 2.05) is 43.3 Å². The van der Waals surface area contributed by atoms with Crippen molar-refractivity contribution in [3.63, 3.8) is 0 Å². The summed E-state index contributed by atoms with van der Waals surface area (Å²) in [4.78, 5) is 11.1. The highest BCUT2D eigenvalue weighted by Gasteiger charge is 2.19. The van der Waals surface area contributed by atoms with E-state index in [1.54, 1.807) is 6.26 Å². The lowest BCUT2D eigenvalue weighted by atomic mass is 9.92. The van der Waals surface area contributed by atoms with E-state index in [0.717, 1.165) is 11.3 Å². The zero-order valence-electron chi connectivity index (χ0n) is 9.72. The van der Waals surface area contributed by atoms with Crippen LogP contribution in [0.5, 0.6) is 0 Å². The number of hydrogen-bond donors (Lipinski definition) is 1. The maximum atomic E-state index is 11.1. The van der Waals surface area contributed by atoms with Gasteiger partial charge >= 0.3 is 0 Å². The highest BCUT2D eigenvalue weighted by Crippen LogP contribution is 2.28. The van der Waals surface area contributed by atoms with Gasteiger partial charge in [-0.3, -0.25) is 4.79 Å². The van der Waals surface area contributed by atoms with Crippen LogP contribution in [0.4, 0.5) is 0 Å². The van der Waals surface area contributed by atoms with Crippen molar-refractivity contribution in [3.05, 3.63) is 59.5 Å². The third-order valence-electron chi connectivity index (χ3n) is 2.77. The van der Waals surface area contributed by atoms with Gasteiger partial charge < -0.3 is 10.2 Å². The molecule has 2 aromatic rings. The minimum absolute atomic E-state index is 0.0944. The summed E-state index contributed by atoms with van der Waals surface area (Å²) in [5, 5.41) is 0. The Morgan fingerprint density at radius 2 is 2.00 bits per heavy atom.